The summed E-state index contributed by atoms with van der Waals surface area (Å²) in [4.78, 5) is 8.67. The first-order valence-electron chi connectivity index (χ1n) is 9.23. The van der Waals surface area contributed by atoms with Crippen LogP contribution < -0.4 is 25.3 Å². The van der Waals surface area contributed by atoms with E-state index in [1.165, 1.54) is 0 Å². The monoisotopic (exact) mass is 520 g/mol. The molecular weight excluding hydrogens is 495 g/mol. The molecule has 0 unspecified atom stereocenters. The van der Waals surface area contributed by atoms with Crippen molar-refractivity contribution in [3.8, 4) is 23.1 Å². The van der Waals surface area contributed by atoms with Gasteiger partial charge < -0.3 is 25.3 Å². The average molecular weight is 520 g/mol. The molecule has 0 atom stereocenters. The number of anilines is 1. The zero-order chi connectivity index (χ0) is 20.5. The van der Waals surface area contributed by atoms with Crippen LogP contribution in [-0.2, 0) is 6.54 Å². The molecule has 0 bridgehead atoms. The fourth-order valence-electron chi connectivity index (χ4n) is 2.55. The van der Waals surface area contributed by atoms with Gasteiger partial charge in [0.15, 0.2) is 17.5 Å². The van der Waals surface area contributed by atoms with Crippen molar-refractivity contribution in [1.82, 2.24) is 4.98 Å². The maximum absolute atomic E-state index is 5.96. The van der Waals surface area contributed by atoms with E-state index in [4.69, 9.17) is 19.9 Å². The number of halogens is 1. The van der Waals surface area contributed by atoms with Crippen LogP contribution in [0.25, 0.3) is 0 Å². The van der Waals surface area contributed by atoms with Gasteiger partial charge in [-0.2, -0.15) is 0 Å². The van der Waals surface area contributed by atoms with Crippen LogP contribution in [0.4, 0.5) is 5.69 Å². The van der Waals surface area contributed by atoms with Crippen molar-refractivity contribution in [3.05, 3.63) is 72.4 Å². The van der Waals surface area contributed by atoms with Crippen molar-refractivity contribution >= 4 is 35.6 Å². The van der Waals surface area contributed by atoms with Gasteiger partial charge in [0, 0.05) is 24.0 Å². The van der Waals surface area contributed by atoms with E-state index in [1.54, 1.807) is 19.4 Å². The SMILES string of the molecule is CCOc1ccccc1Oc1ccc(CN=C(N)Nc2cccc(OC)c2)cn1.I. The number of pyridine rings is 1. The van der Waals surface area contributed by atoms with Crippen LogP contribution in [0.5, 0.6) is 23.1 Å². The van der Waals surface area contributed by atoms with Crippen molar-refractivity contribution < 1.29 is 14.2 Å². The summed E-state index contributed by atoms with van der Waals surface area (Å²) in [6, 6.07) is 18.6. The standard InChI is InChI=1S/C22H24N4O3.HI/c1-3-28-19-9-4-5-10-20(19)29-21-12-11-16(14-24-21)15-25-22(23)26-17-7-6-8-18(13-17)27-2;/h4-14H,3,15H2,1-2H3,(H3,23,25,26);1H. The van der Waals surface area contributed by atoms with Gasteiger partial charge in [-0.25, -0.2) is 9.98 Å². The Bertz CT molecular complexity index is 965. The zero-order valence-electron chi connectivity index (χ0n) is 16.9. The molecule has 0 aliphatic heterocycles. The summed E-state index contributed by atoms with van der Waals surface area (Å²) in [5, 5.41) is 3.04. The number of nitrogens with one attached hydrogen (secondary N) is 1. The maximum Gasteiger partial charge on any atom is 0.219 e. The molecule has 0 radical (unpaired) electrons. The summed E-state index contributed by atoms with van der Waals surface area (Å²) in [5.74, 6) is 2.84. The van der Waals surface area contributed by atoms with Gasteiger partial charge in [-0.15, -0.1) is 24.0 Å². The Balaban J connectivity index is 0.00000320. The summed E-state index contributed by atoms with van der Waals surface area (Å²) < 4.78 is 16.6. The van der Waals surface area contributed by atoms with Gasteiger partial charge in [-0.05, 0) is 36.8 Å². The summed E-state index contributed by atoms with van der Waals surface area (Å²) in [5.41, 5.74) is 7.68. The molecule has 8 heteroatoms. The van der Waals surface area contributed by atoms with Crippen LogP contribution >= 0.6 is 24.0 Å². The van der Waals surface area contributed by atoms with Crippen LogP contribution in [0.1, 0.15) is 12.5 Å². The zero-order valence-corrected chi connectivity index (χ0v) is 19.2. The van der Waals surface area contributed by atoms with E-state index in [0.29, 0.717) is 36.5 Å². The third kappa shape index (κ3) is 6.80. The Kier molecular flexibility index (Phi) is 9.20. The minimum Gasteiger partial charge on any atom is -0.497 e. The molecule has 1 aromatic heterocycles. The molecule has 0 amide bonds. The number of hydrogen-bond donors (Lipinski definition) is 2. The summed E-state index contributed by atoms with van der Waals surface area (Å²) >= 11 is 0. The minimum atomic E-state index is 0. The smallest absolute Gasteiger partial charge is 0.219 e. The first-order valence-corrected chi connectivity index (χ1v) is 9.23. The fraction of sp³-hybridized carbons (Fsp3) is 0.182. The number of aromatic nitrogens is 1. The van der Waals surface area contributed by atoms with Crippen LogP contribution in [0.15, 0.2) is 71.9 Å². The second-order valence-corrected chi connectivity index (χ2v) is 6.04. The highest BCUT2D eigenvalue weighted by atomic mass is 127. The molecule has 1 heterocycles. The molecule has 3 N–H and O–H groups in total. The molecule has 3 rings (SSSR count). The Labute approximate surface area is 193 Å². The lowest BCUT2D eigenvalue weighted by atomic mass is 10.3. The second-order valence-electron chi connectivity index (χ2n) is 6.04. The molecular formula is C22H25IN4O3. The third-order valence-corrected chi connectivity index (χ3v) is 3.94. The highest BCUT2D eigenvalue weighted by molar-refractivity contribution is 14.0. The van der Waals surface area contributed by atoms with Gasteiger partial charge in [0.2, 0.25) is 5.88 Å². The van der Waals surface area contributed by atoms with Crippen molar-refractivity contribution in [2.24, 2.45) is 10.7 Å². The normalized spacial score (nSPS) is 10.7. The van der Waals surface area contributed by atoms with E-state index in [2.05, 4.69) is 15.3 Å². The number of nitrogens with zero attached hydrogens (tertiary/aromatic N) is 2. The van der Waals surface area contributed by atoms with Gasteiger partial charge in [0.05, 0.1) is 20.3 Å². The highest BCUT2D eigenvalue weighted by Crippen LogP contribution is 2.30. The molecule has 2 aromatic carbocycles. The number of ether oxygens (including phenoxy) is 3. The van der Waals surface area contributed by atoms with E-state index in [-0.39, 0.29) is 24.0 Å². The largest absolute Gasteiger partial charge is 0.497 e. The lowest BCUT2D eigenvalue weighted by Gasteiger charge is -2.10. The molecule has 0 saturated carbocycles. The predicted octanol–water partition coefficient (Wildman–Crippen LogP) is 4.83. The van der Waals surface area contributed by atoms with Gasteiger partial charge in [0.25, 0.3) is 0 Å². The van der Waals surface area contributed by atoms with Gasteiger partial charge in [-0.1, -0.05) is 24.3 Å². The Hall–Kier alpha value is -3.01. The predicted molar refractivity (Wildman–Crippen MR) is 129 cm³/mol. The summed E-state index contributed by atoms with van der Waals surface area (Å²) in [6.07, 6.45) is 1.71. The Morgan fingerprint density at radius 3 is 2.57 bits per heavy atom. The quantitative estimate of drug-likeness (QED) is 0.251. The number of guanidine groups is 1. The van der Waals surface area contributed by atoms with Gasteiger partial charge in [0.1, 0.15) is 5.75 Å². The van der Waals surface area contributed by atoms with Crippen LogP contribution in [0, 0.1) is 0 Å². The first kappa shape index (κ1) is 23.3. The average Bonchev–Trinajstić information content (AvgIpc) is 2.75. The first-order chi connectivity index (χ1) is 14.2. The summed E-state index contributed by atoms with van der Waals surface area (Å²) in [6.45, 7) is 2.89. The van der Waals surface area contributed by atoms with Crippen LogP contribution in [0.3, 0.4) is 0 Å². The number of rotatable bonds is 8. The highest BCUT2D eigenvalue weighted by Gasteiger charge is 2.06. The summed E-state index contributed by atoms with van der Waals surface area (Å²) in [7, 11) is 1.62. The number of nitrogens with two attached hydrogens (primary N) is 1. The van der Waals surface area contributed by atoms with E-state index in [0.717, 1.165) is 17.0 Å². The molecule has 0 saturated heterocycles. The lowest BCUT2D eigenvalue weighted by molar-refractivity contribution is 0.319. The van der Waals surface area contributed by atoms with E-state index >= 15 is 0 Å². The van der Waals surface area contributed by atoms with Crippen molar-refractivity contribution in [1.29, 1.82) is 0 Å². The third-order valence-electron chi connectivity index (χ3n) is 3.94. The van der Waals surface area contributed by atoms with Gasteiger partial charge >= 0.3 is 0 Å². The number of aliphatic imine (C=N–C) groups is 1. The van der Waals surface area contributed by atoms with Crippen LogP contribution in [-0.4, -0.2) is 24.7 Å². The van der Waals surface area contributed by atoms with Crippen molar-refractivity contribution in [2.45, 2.75) is 13.5 Å². The molecule has 7 nitrogen and oxygen atoms in total. The number of para-hydroxylation sites is 2. The topological polar surface area (TPSA) is 91.0 Å². The minimum absolute atomic E-state index is 0. The Morgan fingerprint density at radius 2 is 1.87 bits per heavy atom. The second kappa shape index (κ2) is 11.9. The van der Waals surface area contributed by atoms with Gasteiger partial charge in [-0.3, -0.25) is 0 Å². The number of benzene rings is 2. The molecule has 0 aliphatic carbocycles. The van der Waals surface area contributed by atoms with E-state index in [1.807, 2.05) is 61.5 Å². The molecule has 158 valence electrons. The molecule has 0 aliphatic rings. The van der Waals surface area contributed by atoms with Crippen LogP contribution in [0.2, 0.25) is 0 Å². The molecule has 0 fully saturated rings. The molecule has 30 heavy (non-hydrogen) atoms. The van der Waals surface area contributed by atoms with E-state index in [9.17, 15) is 0 Å². The molecule has 3 aromatic rings. The van der Waals surface area contributed by atoms with Crippen molar-refractivity contribution in [3.63, 3.8) is 0 Å². The molecule has 0 spiro atoms. The van der Waals surface area contributed by atoms with Crippen molar-refractivity contribution in [2.75, 3.05) is 19.0 Å². The van der Waals surface area contributed by atoms with E-state index < -0.39 is 0 Å². The lowest BCUT2D eigenvalue weighted by Crippen LogP contribution is -2.22. The fourth-order valence-corrected chi connectivity index (χ4v) is 2.55. The number of hydrogen-bond acceptors (Lipinski definition) is 5. The maximum atomic E-state index is 5.96. The number of methoxy groups -OCH3 is 1. The Morgan fingerprint density at radius 1 is 1.07 bits per heavy atom.